The number of carbonyl (C=O) groups excluding carboxylic acids is 1. The van der Waals surface area contributed by atoms with Gasteiger partial charge < -0.3 is 28.8 Å². The van der Waals surface area contributed by atoms with Crippen LogP contribution in [0.2, 0.25) is 0 Å². The van der Waals surface area contributed by atoms with E-state index in [-0.39, 0.29) is 19.1 Å². The summed E-state index contributed by atoms with van der Waals surface area (Å²) in [6.45, 7) is 2.04. The first-order valence-corrected chi connectivity index (χ1v) is 15.4. The van der Waals surface area contributed by atoms with Crippen molar-refractivity contribution in [3.05, 3.63) is 0 Å². The second-order valence-electron chi connectivity index (χ2n) is 10.7. The number of quaternary nitrogens is 1. The Bertz CT molecular complexity index is 556. The van der Waals surface area contributed by atoms with Gasteiger partial charge in [0.1, 0.15) is 13.2 Å². The van der Waals surface area contributed by atoms with Gasteiger partial charge in [-0.05, 0) is 6.42 Å². The van der Waals surface area contributed by atoms with E-state index in [4.69, 9.17) is 9.05 Å². The third-order valence-electron chi connectivity index (χ3n) is 6.04. The largest absolute Gasteiger partial charge is 0.756 e. The Balaban J connectivity index is 3.68. The molecule has 0 fully saturated rings. The quantitative estimate of drug-likeness (QED) is 0.1000. The molecule has 0 aromatic carbocycles. The topological polar surface area (TPSA) is 108 Å². The fourth-order valence-electron chi connectivity index (χ4n) is 3.74. The summed E-state index contributed by atoms with van der Waals surface area (Å²) in [6, 6.07) is -0.775. The van der Waals surface area contributed by atoms with Crippen LogP contribution in [0.4, 0.5) is 0 Å². The molecule has 1 amide bonds. The van der Waals surface area contributed by atoms with E-state index >= 15 is 0 Å². The van der Waals surface area contributed by atoms with Crippen molar-refractivity contribution in [3.63, 3.8) is 0 Å². The number of nitrogens with zero attached hydrogens (tertiary/aromatic N) is 1. The molecule has 0 radical (unpaired) electrons. The highest BCUT2D eigenvalue weighted by Gasteiger charge is 2.17. The van der Waals surface area contributed by atoms with Gasteiger partial charge in [-0.2, -0.15) is 0 Å². The number of unbranched alkanes of at least 4 members (excludes halogenated alkanes) is 14. The number of aliphatic hydroxyl groups excluding tert-OH is 1. The summed E-state index contributed by atoms with van der Waals surface area (Å²) >= 11 is 0. The molecule has 0 aromatic heterocycles. The third-order valence-corrected chi connectivity index (χ3v) is 7.00. The van der Waals surface area contributed by atoms with Crippen LogP contribution in [0.3, 0.4) is 0 Å². The lowest BCUT2D eigenvalue weighted by Gasteiger charge is -2.28. The Kier molecular flexibility index (Phi) is 21.3. The fourth-order valence-corrected chi connectivity index (χ4v) is 4.48. The summed E-state index contributed by atoms with van der Waals surface area (Å²) in [6.07, 6.45) is 19.4. The van der Waals surface area contributed by atoms with Crippen LogP contribution in [0.5, 0.6) is 0 Å². The van der Waals surface area contributed by atoms with Crippen LogP contribution in [0.1, 0.15) is 110 Å². The summed E-state index contributed by atoms with van der Waals surface area (Å²) < 4.78 is 22.1. The van der Waals surface area contributed by atoms with Crippen molar-refractivity contribution in [3.8, 4) is 0 Å². The summed E-state index contributed by atoms with van der Waals surface area (Å²) in [5.41, 5.74) is 0. The average molecular weight is 523 g/mol. The Labute approximate surface area is 215 Å². The second-order valence-corrected chi connectivity index (χ2v) is 12.1. The van der Waals surface area contributed by atoms with Crippen LogP contribution in [0, 0.1) is 0 Å². The Morgan fingerprint density at radius 1 is 0.857 bits per heavy atom. The average Bonchev–Trinajstić information content (AvgIpc) is 2.78. The molecule has 0 saturated heterocycles. The molecule has 0 bridgehead atoms. The van der Waals surface area contributed by atoms with E-state index < -0.39 is 20.5 Å². The highest BCUT2D eigenvalue weighted by Crippen LogP contribution is 2.38. The van der Waals surface area contributed by atoms with Crippen molar-refractivity contribution >= 4 is 13.7 Å². The first kappa shape index (κ1) is 34.5. The Morgan fingerprint density at radius 2 is 1.31 bits per heavy atom. The van der Waals surface area contributed by atoms with E-state index in [9.17, 15) is 19.4 Å². The van der Waals surface area contributed by atoms with Crippen LogP contribution < -0.4 is 10.2 Å². The van der Waals surface area contributed by atoms with Crippen molar-refractivity contribution in [2.45, 2.75) is 116 Å². The van der Waals surface area contributed by atoms with Crippen molar-refractivity contribution in [1.82, 2.24) is 5.32 Å². The predicted molar refractivity (Wildman–Crippen MR) is 141 cm³/mol. The number of amides is 1. The molecule has 0 aromatic rings. The van der Waals surface area contributed by atoms with Gasteiger partial charge >= 0.3 is 0 Å². The minimum absolute atomic E-state index is 0.0135. The van der Waals surface area contributed by atoms with Crippen molar-refractivity contribution < 1.29 is 32.9 Å². The summed E-state index contributed by atoms with van der Waals surface area (Å²) in [5.74, 6) is -0.200. The molecule has 0 rings (SSSR count). The van der Waals surface area contributed by atoms with E-state index in [0.717, 1.165) is 19.3 Å². The number of carbonyl (C=O) groups is 1. The van der Waals surface area contributed by atoms with Gasteiger partial charge in [-0.25, -0.2) is 0 Å². The molecule has 0 aliphatic heterocycles. The minimum atomic E-state index is -4.47. The Hall–Kier alpha value is -0.500. The number of phosphoric ester groups is 1. The molecule has 0 saturated carbocycles. The van der Waals surface area contributed by atoms with E-state index in [2.05, 4.69) is 12.2 Å². The Morgan fingerprint density at radius 3 is 1.74 bits per heavy atom. The van der Waals surface area contributed by atoms with Crippen molar-refractivity contribution in [1.29, 1.82) is 0 Å². The van der Waals surface area contributed by atoms with Gasteiger partial charge in [-0.3, -0.25) is 9.36 Å². The number of phosphoric acid groups is 1. The fraction of sp³-hybridized carbons (Fsp3) is 0.962. The molecular formula is C26H55N2O6P. The molecule has 2 N–H and O–H groups in total. The van der Waals surface area contributed by atoms with Gasteiger partial charge in [-0.1, -0.05) is 96.8 Å². The van der Waals surface area contributed by atoms with Gasteiger partial charge in [0.25, 0.3) is 7.82 Å². The molecule has 35 heavy (non-hydrogen) atoms. The first-order valence-electron chi connectivity index (χ1n) is 13.9. The van der Waals surface area contributed by atoms with Crippen LogP contribution >= 0.6 is 7.82 Å². The number of nitrogens with one attached hydrogen (secondary N) is 1. The molecule has 0 aliphatic carbocycles. The highest BCUT2D eigenvalue weighted by atomic mass is 31.2. The van der Waals surface area contributed by atoms with Gasteiger partial charge in [0.2, 0.25) is 5.91 Å². The van der Waals surface area contributed by atoms with E-state index in [1.165, 1.54) is 77.0 Å². The van der Waals surface area contributed by atoms with Gasteiger partial charge in [0, 0.05) is 6.42 Å². The third kappa shape index (κ3) is 25.0. The maximum atomic E-state index is 12.1. The first-order chi connectivity index (χ1) is 16.6. The maximum Gasteiger partial charge on any atom is 0.268 e. The molecule has 1 unspecified atom stereocenters. The number of hydrogen-bond donors (Lipinski definition) is 2. The van der Waals surface area contributed by atoms with Crippen molar-refractivity contribution in [2.24, 2.45) is 0 Å². The zero-order valence-corrected chi connectivity index (χ0v) is 24.0. The molecule has 0 aliphatic rings. The molecule has 8 nitrogen and oxygen atoms in total. The van der Waals surface area contributed by atoms with Crippen LogP contribution in [-0.2, 0) is 18.4 Å². The standard InChI is InChI=1S/C26H55N2O6P/c1-5-6-7-8-9-10-11-12-13-14-15-16-17-18-19-20-26(30)27-25(23-29)24-34-35(31,32)33-22-21-28(2,3)4/h25,29H,5-24H2,1-4H3,(H-,27,30,31,32)/t25-/m1/s1. The number of likely N-dealkylation sites (N-methyl/N-ethyl adjacent to an activating group) is 1. The highest BCUT2D eigenvalue weighted by molar-refractivity contribution is 7.45. The normalized spacial score (nSPS) is 14.6. The predicted octanol–water partition coefficient (Wildman–Crippen LogP) is 4.93. The van der Waals surface area contributed by atoms with E-state index in [1.807, 2.05) is 21.1 Å². The zero-order chi connectivity index (χ0) is 26.4. The molecular weight excluding hydrogens is 467 g/mol. The maximum absolute atomic E-state index is 12.1. The zero-order valence-electron chi connectivity index (χ0n) is 23.1. The van der Waals surface area contributed by atoms with E-state index in [0.29, 0.717) is 17.4 Å². The smallest absolute Gasteiger partial charge is 0.268 e. The van der Waals surface area contributed by atoms with E-state index in [1.54, 1.807) is 0 Å². The summed E-state index contributed by atoms with van der Waals surface area (Å²) in [4.78, 5) is 23.9. The second kappa shape index (κ2) is 21.6. The van der Waals surface area contributed by atoms with Gasteiger partial charge in [0.05, 0.1) is 40.4 Å². The van der Waals surface area contributed by atoms with Crippen LogP contribution in [0.25, 0.3) is 0 Å². The van der Waals surface area contributed by atoms with Crippen LogP contribution in [0.15, 0.2) is 0 Å². The SMILES string of the molecule is CCCCCCCCCCCCCCCCCC(=O)N[C@H](CO)COP(=O)([O-])OCC[N+](C)(C)C. The molecule has 210 valence electrons. The molecule has 2 atom stereocenters. The minimum Gasteiger partial charge on any atom is -0.756 e. The molecule has 9 heteroatoms. The lowest BCUT2D eigenvalue weighted by molar-refractivity contribution is -0.870. The monoisotopic (exact) mass is 522 g/mol. The number of aliphatic hydroxyl groups is 1. The van der Waals surface area contributed by atoms with Crippen LogP contribution in [-0.4, -0.2) is 69.0 Å². The number of rotatable bonds is 25. The molecule has 0 spiro atoms. The lowest BCUT2D eigenvalue weighted by atomic mass is 10.0. The lowest BCUT2D eigenvalue weighted by Crippen LogP contribution is -2.41. The van der Waals surface area contributed by atoms with Gasteiger partial charge in [-0.15, -0.1) is 0 Å². The summed E-state index contributed by atoms with van der Waals surface area (Å²) in [5, 5.41) is 12.1. The summed E-state index contributed by atoms with van der Waals surface area (Å²) in [7, 11) is 1.31. The number of hydrogen-bond acceptors (Lipinski definition) is 6. The van der Waals surface area contributed by atoms with Crippen molar-refractivity contribution in [2.75, 3.05) is 47.5 Å². The molecule has 0 heterocycles. The van der Waals surface area contributed by atoms with Gasteiger partial charge in [0.15, 0.2) is 0 Å².